The van der Waals surface area contributed by atoms with E-state index in [-0.39, 0.29) is 24.1 Å². The van der Waals surface area contributed by atoms with Crippen molar-refractivity contribution in [3.8, 4) is 0 Å². The van der Waals surface area contributed by atoms with Gasteiger partial charge in [0.15, 0.2) is 0 Å². The average Bonchev–Trinajstić information content (AvgIpc) is 2.73. The maximum absolute atomic E-state index is 13.1. The molecular formula is C20H22ClN3O3S. The van der Waals surface area contributed by atoms with E-state index in [0.717, 1.165) is 31.2 Å². The van der Waals surface area contributed by atoms with Crippen molar-refractivity contribution in [2.24, 2.45) is 0 Å². The molecule has 1 saturated heterocycles. The van der Waals surface area contributed by atoms with Crippen molar-refractivity contribution >= 4 is 27.5 Å². The van der Waals surface area contributed by atoms with Gasteiger partial charge in [-0.05, 0) is 61.1 Å². The Morgan fingerprint density at radius 2 is 1.71 bits per heavy atom. The average molecular weight is 420 g/mol. The van der Waals surface area contributed by atoms with Crippen molar-refractivity contribution in [1.82, 2.24) is 14.2 Å². The molecule has 148 valence electrons. The zero-order valence-electron chi connectivity index (χ0n) is 15.5. The maximum Gasteiger partial charge on any atom is 0.257 e. The minimum atomic E-state index is -3.56. The van der Waals surface area contributed by atoms with Gasteiger partial charge in [-0.3, -0.25) is 4.79 Å². The molecule has 8 heteroatoms. The molecule has 28 heavy (non-hydrogen) atoms. The molecule has 2 heterocycles. The third kappa shape index (κ3) is 3.66. The van der Waals surface area contributed by atoms with Crippen molar-refractivity contribution in [2.45, 2.75) is 30.6 Å². The molecule has 1 aromatic heterocycles. The van der Waals surface area contributed by atoms with E-state index in [1.807, 2.05) is 12.1 Å². The molecule has 4 rings (SSSR count). The largest absolute Gasteiger partial charge is 0.336 e. The first-order valence-corrected chi connectivity index (χ1v) is 11.3. The zero-order valence-corrected chi connectivity index (χ0v) is 17.0. The normalized spacial score (nSPS) is 18.0. The number of halogens is 1. The second kappa shape index (κ2) is 7.81. The monoisotopic (exact) mass is 419 g/mol. The standard InChI is InChI=1S/C20H22ClN3O3S/c21-19-18(6-3-9-22-19)20(25)23-10-12-24(13-11-23)28(26,27)17-8-7-15-4-1-2-5-16(15)14-17/h3,6-9,14H,1-2,4-5,10-13H2. The van der Waals surface area contributed by atoms with Crippen LogP contribution in [0, 0.1) is 0 Å². The van der Waals surface area contributed by atoms with Gasteiger partial charge in [0.1, 0.15) is 5.15 Å². The van der Waals surface area contributed by atoms with Gasteiger partial charge in [-0.25, -0.2) is 13.4 Å². The van der Waals surface area contributed by atoms with Gasteiger partial charge < -0.3 is 4.90 Å². The van der Waals surface area contributed by atoms with Crippen molar-refractivity contribution in [3.63, 3.8) is 0 Å². The predicted molar refractivity (Wildman–Crippen MR) is 107 cm³/mol. The highest BCUT2D eigenvalue weighted by atomic mass is 35.5. The Morgan fingerprint density at radius 1 is 1.00 bits per heavy atom. The molecule has 0 saturated carbocycles. The topological polar surface area (TPSA) is 70.6 Å². The highest BCUT2D eigenvalue weighted by Crippen LogP contribution is 2.26. The van der Waals surface area contributed by atoms with Crippen LogP contribution in [0.2, 0.25) is 5.15 Å². The first-order valence-electron chi connectivity index (χ1n) is 9.48. The van der Waals surface area contributed by atoms with Crippen LogP contribution in [0.4, 0.5) is 0 Å². The van der Waals surface area contributed by atoms with Gasteiger partial charge in [-0.1, -0.05) is 17.7 Å². The van der Waals surface area contributed by atoms with Crippen LogP contribution in [-0.4, -0.2) is 54.7 Å². The Bertz CT molecular complexity index is 1000. The van der Waals surface area contributed by atoms with E-state index < -0.39 is 10.0 Å². The Labute approximate surface area is 170 Å². The Balaban J connectivity index is 1.47. The van der Waals surface area contributed by atoms with Gasteiger partial charge in [0.05, 0.1) is 10.5 Å². The lowest BCUT2D eigenvalue weighted by atomic mass is 9.92. The Hall–Kier alpha value is -1.96. The van der Waals surface area contributed by atoms with Crippen molar-refractivity contribution in [3.05, 3.63) is 58.4 Å². The number of pyridine rings is 1. The highest BCUT2D eigenvalue weighted by Gasteiger charge is 2.31. The van der Waals surface area contributed by atoms with Gasteiger partial charge in [-0.15, -0.1) is 0 Å². The number of piperazine rings is 1. The summed E-state index contributed by atoms with van der Waals surface area (Å²) in [7, 11) is -3.56. The van der Waals surface area contributed by atoms with E-state index in [2.05, 4.69) is 4.98 Å². The van der Waals surface area contributed by atoms with Crippen LogP contribution in [0.25, 0.3) is 0 Å². The van der Waals surface area contributed by atoms with Gasteiger partial charge in [0.2, 0.25) is 10.0 Å². The Morgan fingerprint density at radius 3 is 2.43 bits per heavy atom. The summed E-state index contributed by atoms with van der Waals surface area (Å²) in [6, 6.07) is 8.79. The molecule has 6 nitrogen and oxygen atoms in total. The lowest BCUT2D eigenvalue weighted by molar-refractivity contribution is 0.0697. The van der Waals surface area contributed by atoms with Gasteiger partial charge in [0, 0.05) is 32.4 Å². The van der Waals surface area contributed by atoms with E-state index in [4.69, 9.17) is 11.6 Å². The summed E-state index contributed by atoms with van der Waals surface area (Å²) in [6.45, 7) is 1.19. The van der Waals surface area contributed by atoms with E-state index in [0.29, 0.717) is 23.5 Å². The molecule has 0 N–H and O–H groups in total. The first kappa shape index (κ1) is 19.4. The van der Waals surface area contributed by atoms with Crippen LogP contribution in [0.3, 0.4) is 0 Å². The Kier molecular flexibility index (Phi) is 5.40. The molecule has 2 aromatic rings. The number of hydrogen-bond donors (Lipinski definition) is 0. The molecule has 0 spiro atoms. The number of nitrogens with zero attached hydrogens (tertiary/aromatic N) is 3. The fourth-order valence-electron chi connectivity index (χ4n) is 3.87. The summed E-state index contributed by atoms with van der Waals surface area (Å²) in [4.78, 5) is 18.6. The van der Waals surface area contributed by atoms with Crippen molar-refractivity contribution in [1.29, 1.82) is 0 Å². The summed E-state index contributed by atoms with van der Waals surface area (Å²) in [5, 5.41) is 0.164. The van der Waals surface area contributed by atoms with Gasteiger partial charge in [0.25, 0.3) is 5.91 Å². The number of aryl methyl sites for hydroxylation is 2. The highest BCUT2D eigenvalue weighted by molar-refractivity contribution is 7.89. The number of benzene rings is 1. The molecule has 0 radical (unpaired) electrons. The van der Waals surface area contributed by atoms with E-state index in [1.165, 1.54) is 16.1 Å². The molecule has 0 atom stereocenters. The van der Waals surface area contributed by atoms with Crippen LogP contribution in [0.15, 0.2) is 41.4 Å². The molecule has 1 amide bonds. The summed E-state index contributed by atoms with van der Waals surface area (Å²) >= 11 is 6.01. The number of hydrogen-bond acceptors (Lipinski definition) is 4. The SMILES string of the molecule is O=C(c1cccnc1Cl)N1CCN(S(=O)(=O)c2ccc3c(c2)CCCC3)CC1. The second-order valence-corrected chi connectivity index (χ2v) is 9.47. The number of fused-ring (bicyclic) bond motifs is 1. The molecular weight excluding hydrogens is 398 g/mol. The van der Waals surface area contributed by atoms with E-state index in [1.54, 1.807) is 23.1 Å². The first-order chi connectivity index (χ1) is 13.5. The number of amides is 1. The lowest BCUT2D eigenvalue weighted by Gasteiger charge is -2.34. The minimum absolute atomic E-state index is 0.164. The summed E-state index contributed by atoms with van der Waals surface area (Å²) < 4.78 is 27.6. The zero-order chi connectivity index (χ0) is 19.7. The molecule has 1 aliphatic carbocycles. The van der Waals surface area contributed by atoms with Gasteiger partial charge in [-0.2, -0.15) is 4.31 Å². The second-order valence-electron chi connectivity index (χ2n) is 7.18. The summed E-state index contributed by atoms with van der Waals surface area (Å²) in [5.41, 5.74) is 2.75. The summed E-state index contributed by atoms with van der Waals surface area (Å²) in [5.74, 6) is -0.219. The molecule has 1 aromatic carbocycles. The number of rotatable bonds is 3. The van der Waals surface area contributed by atoms with Gasteiger partial charge >= 0.3 is 0 Å². The van der Waals surface area contributed by atoms with Crippen LogP contribution < -0.4 is 0 Å². The maximum atomic E-state index is 13.1. The van der Waals surface area contributed by atoms with Crippen LogP contribution >= 0.6 is 11.6 Å². The molecule has 1 aliphatic heterocycles. The van der Waals surface area contributed by atoms with E-state index >= 15 is 0 Å². The smallest absolute Gasteiger partial charge is 0.257 e. The predicted octanol–water partition coefficient (Wildman–Crippen LogP) is 2.76. The number of carbonyl (C=O) groups excluding carboxylic acids is 1. The van der Waals surface area contributed by atoms with Crippen LogP contribution in [0.5, 0.6) is 0 Å². The molecule has 0 unspecified atom stereocenters. The minimum Gasteiger partial charge on any atom is -0.336 e. The molecule has 1 fully saturated rings. The summed E-state index contributed by atoms with van der Waals surface area (Å²) in [6.07, 6.45) is 5.76. The molecule has 0 bridgehead atoms. The number of carbonyl (C=O) groups is 1. The fraction of sp³-hybridized carbons (Fsp3) is 0.400. The van der Waals surface area contributed by atoms with E-state index in [9.17, 15) is 13.2 Å². The van der Waals surface area contributed by atoms with Crippen molar-refractivity contribution in [2.75, 3.05) is 26.2 Å². The molecule has 2 aliphatic rings. The fourth-order valence-corrected chi connectivity index (χ4v) is 5.54. The third-order valence-electron chi connectivity index (χ3n) is 5.47. The number of sulfonamides is 1. The lowest BCUT2D eigenvalue weighted by Crippen LogP contribution is -2.50. The van der Waals surface area contributed by atoms with Crippen molar-refractivity contribution < 1.29 is 13.2 Å². The third-order valence-corrected chi connectivity index (χ3v) is 7.67. The van der Waals surface area contributed by atoms with Crippen LogP contribution in [-0.2, 0) is 22.9 Å². The quantitative estimate of drug-likeness (QED) is 0.717. The van der Waals surface area contributed by atoms with Crippen LogP contribution in [0.1, 0.15) is 34.3 Å². The number of aromatic nitrogens is 1.